The van der Waals surface area contributed by atoms with Crippen LogP contribution in [0.15, 0.2) is 60.7 Å². The molecule has 0 aromatic heterocycles. The zero-order valence-electron chi connectivity index (χ0n) is 16.7. The minimum absolute atomic E-state index is 0.226. The van der Waals surface area contributed by atoms with Crippen LogP contribution >= 0.6 is 0 Å². The average Bonchev–Trinajstić information content (AvgIpc) is 2.73. The number of nitrogens with zero attached hydrogens (tertiary/aromatic N) is 1. The van der Waals surface area contributed by atoms with E-state index in [4.69, 9.17) is 4.74 Å². The van der Waals surface area contributed by atoms with Crippen LogP contribution in [-0.4, -0.2) is 30.2 Å². The van der Waals surface area contributed by atoms with Gasteiger partial charge in [-0.15, -0.1) is 0 Å². The Balaban J connectivity index is 1.64. The third-order valence-corrected chi connectivity index (χ3v) is 6.86. The van der Waals surface area contributed by atoms with Crippen molar-refractivity contribution in [3.63, 3.8) is 0 Å². The summed E-state index contributed by atoms with van der Waals surface area (Å²) in [4.78, 5) is 0. The number of fused-ring (bicyclic) bond motifs is 3. The molecule has 2 atom stereocenters. The van der Waals surface area contributed by atoms with Crippen molar-refractivity contribution in [2.45, 2.75) is 57.7 Å². The van der Waals surface area contributed by atoms with Gasteiger partial charge in [0, 0.05) is 18.6 Å². The fraction of sp³-hybridized carbons (Fsp3) is 0.520. The minimum Gasteiger partial charge on any atom is -0.367 e. The van der Waals surface area contributed by atoms with Crippen molar-refractivity contribution < 1.29 is 9.22 Å². The van der Waals surface area contributed by atoms with Crippen molar-refractivity contribution >= 4 is 0 Å². The van der Waals surface area contributed by atoms with E-state index in [2.05, 4.69) is 67.6 Å². The molecule has 0 spiro atoms. The van der Waals surface area contributed by atoms with E-state index in [9.17, 15) is 0 Å². The number of ether oxygens (including phenoxy) is 1. The van der Waals surface area contributed by atoms with E-state index in [1.807, 2.05) is 0 Å². The average molecular weight is 365 g/mol. The second-order valence-electron chi connectivity index (χ2n) is 8.61. The molecular weight excluding hydrogens is 330 g/mol. The van der Waals surface area contributed by atoms with Crippen molar-refractivity contribution in [2.75, 3.05) is 19.7 Å². The van der Waals surface area contributed by atoms with E-state index >= 15 is 0 Å². The highest BCUT2D eigenvalue weighted by atomic mass is 16.5. The molecule has 144 valence electrons. The van der Waals surface area contributed by atoms with Gasteiger partial charge in [0.15, 0.2) is 0 Å². The lowest BCUT2D eigenvalue weighted by atomic mass is 9.77. The molecule has 2 heteroatoms. The number of rotatable bonds is 8. The molecule has 3 aliphatic heterocycles. The third kappa shape index (κ3) is 4.12. The summed E-state index contributed by atoms with van der Waals surface area (Å²) in [7, 11) is 0. The molecule has 27 heavy (non-hydrogen) atoms. The maximum atomic E-state index is 6.61. The lowest BCUT2D eigenvalue weighted by Crippen LogP contribution is -2.65. The normalized spacial score (nSPS) is 28.2. The van der Waals surface area contributed by atoms with Crippen LogP contribution in [0.2, 0.25) is 0 Å². The molecule has 3 heterocycles. The molecule has 0 amide bonds. The first-order valence-corrected chi connectivity index (χ1v) is 10.9. The van der Waals surface area contributed by atoms with Crippen LogP contribution in [0, 0.1) is 5.92 Å². The molecule has 0 aliphatic carbocycles. The van der Waals surface area contributed by atoms with Crippen LogP contribution in [-0.2, 0) is 11.3 Å². The van der Waals surface area contributed by atoms with Crippen molar-refractivity contribution in [1.29, 1.82) is 0 Å². The predicted molar refractivity (Wildman–Crippen MR) is 111 cm³/mol. The van der Waals surface area contributed by atoms with Gasteiger partial charge in [0.2, 0.25) is 0 Å². The second-order valence-corrected chi connectivity index (χ2v) is 8.61. The van der Waals surface area contributed by atoms with Gasteiger partial charge in [0.1, 0.15) is 18.7 Å². The Morgan fingerprint density at radius 3 is 2.30 bits per heavy atom. The summed E-state index contributed by atoms with van der Waals surface area (Å²) >= 11 is 0. The van der Waals surface area contributed by atoms with Gasteiger partial charge in [-0.3, -0.25) is 0 Å². The Kier molecular flexibility index (Phi) is 5.95. The lowest BCUT2D eigenvalue weighted by molar-refractivity contribution is -0.982. The Hall–Kier alpha value is -1.64. The Labute approximate surface area is 164 Å². The number of quaternary nitrogens is 1. The molecule has 2 aromatic carbocycles. The van der Waals surface area contributed by atoms with Crippen LogP contribution < -0.4 is 0 Å². The van der Waals surface area contributed by atoms with E-state index in [1.54, 1.807) is 0 Å². The maximum absolute atomic E-state index is 6.61. The quantitative estimate of drug-likeness (QED) is 0.428. The van der Waals surface area contributed by atoms with Crippen molar-refractivity contribution in [2.24, 2.45) is 5.92 Å². The van der Waals surface area contributed by atoms with Crippen LogP contribution in [0.3, 0.4) is 0 Å². The molecular formula is C25H34NO+. The summed E-state index contributed by atoms with van der Waals surface area (Å²) in [6.07, 6.45) is 6.67. The van der Waals surface area contributed by atoms with E-state index in [1.165, 1.54) is 54.4 Å². The molecule has 0 radical (unpaired) electrons. The molecule has 5 rings (SSSR count). The van der Waals surface area contributed by atoms with Gasteiger partial charge in [-0.25, -0.2) is 0 Å². The molecule has 3 fully saturated rings. The Morgan fingerprint density at radius 2 is 1.63 bits per heavy atom. The number of hydrogen-bond acceptors (Lipinski definition) is 1. The molecule has 0 saturated carbocycles. The molecule has 3 aliphatic rings. The van der Waals surface area contributed by atoms with Crippen LogP contribution in [0.5, 0.6) is 0 Å². The monoisotopic (exact) mass is 364 g/mol. The highest BCUT2D eigenvalue weighted by Gasteiger charge is 2.51. The largest absolute Gasteiger partial charge is 0.367 e. The first-order valence-electron chi connectivity index (χ1n) is 10.9. The standard InChI is InChI=1S/C25H34NO/c1-2-3-18-27-25(23-12-8-5-9-13-23)24-19-21-14-16-26(24,17-15-21)20-22-10-6-4-7-11-22/h4-13,21,24-25H,2-3,14-20H2,1H3/q+1/t21?,24-,25+,26?/m1/s1. The number of hydrogen-bond donors (Lipinski definition) is 0. The van der Waals surface area contributed by atoms with Gasteiger partial charge in [0.05, 0.1) is 13.1 Å². The van der Waals surface area contributed by atoms with E-state index < -0.39 is 0 Å². The summed E-state index contributed by atoms with van der Waals surface area (Å²) in [5.41, 5.74) is 2.85. The Bertz CT molecular complexity index is 691. The smallest absolute Gasteiger partial charge is 0.134 e. The summed E-state index contributed by atoms with van der Waals surface area (Å²) < 4.78 is 7.82. The lowest BCUT2D eigenvalue weighted by Gasteiger charge is -2.56. The van der Waals surface area contributed by atoms with Gasteiger partial charge >= 0.3 is 0 Å². The van der Waals surface area contributed by atoms with Crippen LogP contribution in [0.25, 0.3) is 0 Å². The van der Waals surface area contributed by atoms with Gasteiger partial charge in [-0.2, -0.15) is 0 Å². The molecule has 2 aromatic rings. The van der Waals surface area contributed by atoms with Gasteiger partial charge in [0.25, 0.3) is 0 Å². The van der Waals surface area contributed by atoms with E-state index in [0.29, 0.717) is 6.04 Å². The number of unbranched alkanes of at least 4 members (excludes halogenated alkanes) is 1. The Morgan fingerprint density at radius 1 is 0.963 bits per heavy atom. The molecule has 3 saturated heterocycles. The molecule has 2 bridgehead atoms. The number of piperidine rings is 3. The predicted octanol–water partition coefficient (Wildman–Crippen LogP) is 5.74. The first kappa shape index (κ1) is 18.7. The first-order chi connectivity index (χ1) is 13.3. The molecule has 0 N–H and O–H groups in total. The summed E-state index contributed by atoms with van der Waals surface area (Å²) in [5, 5.41) is 0. The van der Waals surface area contributed by atoms with Crippen molar-refractivity contribution in [1.82, 2.24) is 0 Å². The van der Waals surface area contributed by atoms with Crippen molar-refractivity contribution in [3.8, 4) is 0 Å². The van der Waals surface area contributed by atoms with Gasteiger partial charge in [-0.1, -0.05) is 74.0 Å². The topological polar surface area (TPSA) is 9.23 Å². The molecule has 0 unspecified atom stereocenters. The number of benzene rings is 2. The second kappa shape index (κ2) is 8.58. The highest BCUT2D eigenvalue weighted by Crippen LogP contribution is 2.45. The highest BCUT2D eigenvalue weighted by molar-refractivity contribution is 5.20. The van der Waals surface area contributed by atoms with Gasteiger partial charge in [-0.05, 0) is 30.7 Å². The zero-order valence-corrected chi connectivity index (χ0v) is 16.7. The van der Waals surface area contributed by atoms with Crippen molar-refractivity contribution in [3.05, 3.63) is 71.8 Å². The van der Waals surface area contributed by atoms with E-state index in [0.717, 1.165) is 25.5 Å². The maximum Gasteiger partial charge on any atom is 0.134 e. The molecule has 2 nitrogen and oxygen atoms in total. The summed E-state index contributed by atoms with van der Waals surface area (Å²) in [6, 6.07) is 22.7. The summed E-state index contributed by atoms with van der Waals surface area (Å²) in [5.74, 6) is 0.895. The zero-order chi connectivity index (χ0) is 18.5. The fourth-order valence-corrected chi connectivity index (χ4v) is 5.33. The third-order valence-electron chi connectivity index (χ3n) is 6.86. The van der Waals surface area contributed by atoms with Crippen LogP contribution in [0.1, 0.15) is 56.3 Å². The SMILES string of the molecule is CCCCO[C@@H](c1ccccc1)[C@H]1CC2CC[N+]1(Cc1ccccc1)CC2. The minimum atomic E-state index is 0.226. The fourth-order valence-electron chi connectivity index (χ4n) is 5.33. The summed E-state index contributed by atoms with van der Waals surface area (Å²) in [6.45, 7) is 6.90. The van der Waals surface area contributed by atoms with Gasteiger partial charge < -0.3 is 9.22 Å². The van der Waals surface area contributed by atoms with E-state index in [-0.39, 0.29) is 6.10 Å². The van der Waals surface area contributed by atoms with Crippen LogP contribution in [0.4, 0.5) is 0 Å².